The van der Waals surface area contributed by atoms with Crippen molar-refractivity contribution in [3.63, 3.8) is 0 Å². The van der Waals surface area contributed by atoms with Crippen LogP contribution in [0.25, 0.3) is 0 Å². The van der Waals surface area contributed by atoms with Gasteiger partial charge in [-0.15, -0.1) is 0 Å². The fourth-order valence-electron chi connectivity index (χ4n) is 0.809. The number of benzene rings is 1. The van der Waals surface area contributed by atoms with E-state index in [2.05, 4.69) is 4.74 Å². The molecule has 0 radical (unpaired) electrons. The van der Waals surface area contributed by atoms with E-state index in [-0.39, 0.29) is 5.75 Å². The van der Waals surface area contributed by atoms with E-state index in [1.165, 1.54) is 0 Å². The molecule has 0 aliphatic rings. The molecule has 0 aliphatic carbocycles. The first-order chi connectivity index (χ1) is 6.54. The largest absolute Gasteiger partial charge is 0.511 e. The third kappa shape index (κ3) is 2.71. The van der Waals surface area contributed by atoms with Gasteiger partial charge in [0.05, 0.1) is 18.8 Å². The highest BCUT2D eigenvalue weighted by molar-refractivity contribution is 14.1. The van der Waals surface area contributed by atoms with Gasteiger partial charge in [-0.1, -0.05) is 0 Å². The van der Waals surface area contributed by atoms with Crippen LogP contribution in [-0.2, 0) is 0 Å². The number of ether oxygens (including phenoxy) is 1. The Morgan fingerprint density at radius 2 is 1.93 bits per heavy atom. The smallest absolute Gasteiger partial charge is 0.449 e. The van der Waals surface area contributed by atoms with Crippen LogP contribution < -0.4 is 4.74 Å². The van der Waals surface area contributed by atoms with Gasteiger partial charge >= 0.3 is 6.16 Å². The van der Waals surface area contributed by atoms with Crippen LogP contribution in [0.1, 0.15) is 5.56 Å². The number of hydrogen-bond acceptors (Lipinski definition) is 3. The van der Waals surface area contributed by atoms with Crippen molar-refractivity contribution in [3.8, 4) is 11.8 Å². The number of nitriles is 1. The standard InChI is InChI=1S/C8H3I2NO3/c9-5-1-4(3-11)2-6(10)7(5)14-8(12)13/h1-2H,(H,12,13). The van der Waals surface area contributed by atoms with Gasteiger partial charge in [-0.3, -0.25) is 0 Å². The highest BCUT2D eigenvalue weighted by Gasteiger charge is 2.11. The number of hydrogen-bond donors (Lipinski definition) is 1. The lowest BCUT2D eigenvalue weighted by Gasteiger charge is -2.05. The van der Waals surface area contributed by atoms with Crippen LogP contribution in [-0.4, -0.2) is 11.3 Å². The van der Waals surface area contributed by atoms with Crippen molar-refractivity contribution in [2.24, 2.45) is 0 Å². The third-order valence-electron chi connectivity index (χ3n) is 1.32. The molecule has 0 bridgehead atoms. The minimum atomic E-state index is -1.36. The Hall–Kier alpha value is -0.560. The first-order valence-electron chi connectivity index (χ1n) is 3.34. The van der Waals surface area contributed by atoms with Gasteiger partial charge in [0.15, 0.2) is 5.75 Å². The minimum absolute atomic E-state index is 0.276. The lowest BCUT2D eigenvalue weighted by Crippen LogP contribution is -2.06. The molecule has 0 fully saturated rings. The fourth-order valence-corrected chi connectivity index (χ4v) is 2.80. The molecule has 0 saturated carbocycles. The zero-order chi connectivity index (χ0) is 10.7. The highest BCUT2D eigenvalue weighted by Crippen LogP contribution is 2.28. The Labute approximate surface area is 107 Å². The van der Waals surface area contributed by atoms with Crippen LogP contribution >= 0.6 is 45.2 Å². The number of halogens is 2. The second-order valence-corrected chi connectivity index (χ2v) is 4.57. The van der Waals surface area contributed by atoms with Crippen molar-refractivity contribution in [1.82, 2.24) is 0 Å². The van der Waals surface area contributed by atoms with Crippen molar-refractivity contribution in [1.29, 1.82) is 5.26 Å². The zero-order valence-corrected chi connectivity index (χ0v) is 10.9. The predicted octanol–water partition coefficient (Wildman–Crippen LogP) is 2.82. The predicted molar refractivity (Wildman–Crippen MR) is 65.2 cm³/mol. The van der Waals surface area contributed by atoms with Gasteiger partial charge in [0, 0.05) is 0 Å². The van der Waals surface area contributed by atoms with Crippen molar-refractivity contribution < 1.29 is 14.6 Å². The molecule has 14 heavy (non-hydrogen) atoms. The van der Waals surface area contributed by atoms with E-state index >= 15 is 0 Å². The molecular formula is C8H3I2NO3. The SMILES string of the molecule is N#Cc1cc(I)c(OC(=O)O)c(I)c1. The average molecular weight is 415 g/mol. The summed E-state index contributed by atoms with van der Waals surface area (Å²) in [7, 11) is 0. The van der Waals surface area contributed by atoms with Crippen LogP contribution in [0, 0.1) is 18.5 Å². The maximum Gasteiger partial charge on any atom is 0.511 e. The summed E-state index contributed by atoms with van der Waals surface area (Å²) in [5, 5.41) is 17.1. The normalized spacial score (nSPS) is 9.21. The van der Waals surface area contributed by atoms with Gasteiger partial charge in [-0.25, -0.2) is 4.79 Å². The number of carbonyl (C=O) groups is 1. The molecule has 0 heterocycles. The van der Waals surface area contributed by atoms with E-state index in [0.717, 1.165) is 0 Å². The summed E-state index contributed by atoms with van der Waals surface area (Å²) in [6.45, 7) is 0. The average Bonchev–Trinajstić information content (AvgIpc) is 2.10. The zero-order valence-electron chi connectivity index (χ0n) is 6.62. The second-order valence-electron chi connectivity index (χ2n) is 2.25. The molecule has 1 rings (SSSR count). The van der Waals surface area contributed by atoms with Gasteiger partial charge in [-0.05, 0) is 57.3 Å². The van der Waals surface area contributed by atoms with Crippen LogP contribution in [0.4, 0.5) is 4.79 Å². The maximum atomic E-state index is 10.3. The lowest BCUT2D eigenvalue weighted by molar-refractivity contribution is 0.143. The third-order valence-corrected chi connectivity index (χ3v) is 2.92. The molecule has 1 N–H and O–H groups in total. The first kappa shape index (κ1) is 11.5. The van der Waals surface area contributed by atoms with E-state index in [9.17, 15) is 4.79 Å². The van der Waals surface area contributed by atoms with Crippen LogP contribution in [0.5, 0.6) is 5.75 Å². The minimum Gasteiger partial charge on any atom is -0.449 e. The summed E-state index contributed by atoms with van der Waals surface area (Å²) in [6.07, 6.45) is -1.36. The molecule has 0 aromatic heterocycles. The quantitative estimate of drug-likeness (QED) is 0.436. The number of rotatable bonds is 1. The molecule has 1 aromatic carbocycles. The highest BCUT2D eigenvalue weighted by atomic mass is 127. The Kier molecular flexibility index (Phi) is 3.94. The summed E-state index contributed by atoms with van der Waals surface area (Å²) in [4.78, 5) is 10.3. The van der Waals surface area contributed by atoms with Crippen LogP contribution in [0.2, 0.25) is 0 Å². The number of nitrogens with zero attached hydrogens (tertiary/aromatic N) is 1. The van der Waals surface area contributed by atoms with Gasteiger partial charge in [0.25, 0.3) is 0 Å². The molecule has 72 valence electrons. The summed E-state index contributed by atoms with van der Waals surface area (Å²) in [6, 6.07) is 5.12. The fraction of sp³-hybridized carbons (Fsp3) is 0. The van der Waals surface area contributed by atoms with E-state index in [1.54, 1.807) is 12.1 Å². The molecule has 0 spiro atoms. The summed E-state index contributed by atoms with van der Waals surface area (Å²) in [5.41, 5.74) is 0.483. The molecular weight excluding hydrogens is 412 g/mol. The van der Waals surface area contributed by atoms with Gasteiger partial charge in [-0.2, -0.15) is 5.26 Å². The summed E-state index contributed by atoms with van der Waals surface area (Å²) in [5.74, 6) is 0.276. The molecule has 6 heteroatoms. The molecule has 0 saturated heterocycles. The molecule has 0 atom stereocenters. The number of carboxylic acid groups (broad SMARTS) is 1. The van der Waals surface area contributed by atoms with Crippen molar-refractivity contribution >= 4 is 51.3 Å². The van der Waals surface area contributed by atoms with Crippen LogP contribution in [0.3, 0.4) is 0 Å². The van der Waals surface area contributed by atoms with Crippen molar-refractivity contribution in [2.75, 3.05) is 0 Å². The maximum absolute atomic E-state index is 10.3. The Balaban J connectivity index is 3.19. The second kappa shape index (κ2) is 4.79. The van der Waals surface area contributed by atoms with Gasteiger partial charge in [0.2, 0.25) is 0 Å². The molecule has 0 aliphatic heterocycles. The van der Waals surface area contributed by atoms with Gasteiger partial charge < -0.3 is 9.84 Å². The molecule has 0 unspecified atom stereocenters. The van der Waals surface area contributed by atoms with E-state index in [0.29, 0.717) is 12.7 Å². The monoisotopic (exact) mass is 415 g/mol. The summed E-state index contributed by atoms with van der Waals surface area (Å²) < 4.78 is 5.78. The van der Waals surface area contributed by atoms with E-state index in [1.807, 2.05) is 51.3 Å². The lowest BCUT2D eigenvalue weighted by atomic mass is 10.2. The van der Waals surface area contributed by atoms with E-state index in [4.69, 9.17) is 10.4 Å². The Morgan fingerprint density at radius 1 is 1.43 bits per heavy atom. The molecule has 4 nitrogen and oxygen atoms in total. The Morgan fingerprint density at radius 3 is 2.29 bits per heavy atom. The molecule has 1 aromatic rings. The van der Waals surface area contributed by atoms with Gasteiger partial charge in [0.1, 0.15) is 0 Å². The summed E-state index contributed by atoms with van der Waals surface area (Å²) >= 11 is 3.85. The topological polar surface area (TPSA) is 70.3 Å². The van der Waals surface area contributed by atoms with E-state index < -0.39 is 6.16 Å². The first-order valence-corrected chi connectivity index (χ1v) is 5.50. The molecule has 0 amide bonds. The van der Waals surface area contributed by atoms with Crippen molar-refractivity contribution in [2.45, 2.75) is 0 Å². The van der Waals surface area contributed by atoms with Crippen LogP contribution in [0.15, 0.2) is 12.1 Å². The Bertz CT molecular complexity index is 402. The van der Waals surface area contributed by atoms with Crippen molar-refractivity contribution in [3.05, 3.63) is 24.8 Å².